The van der Waals surface area contributed by atoms with Gasteiger partial charge in [0.1, 0.15) is 28.7 Å². The number of phenols is 1. The highest BCUT2D eigenvalue weighted by Gasteiger charge is 2.27. The number of hydrogen-bond acceptors (Lipinski definition) is 7. The number of phenolic OH excluding ortho intramolecular Hbond substituents is 1. The van der Waals surface area contributed by atoms with E-state index in [-0.39, 0.29) is 65.8 Å². The largest absolute Gasteiger partial charge is 0.508 e. The van der Waals surface area contributed by atoms with Gasteiger partial charge < -0.3 is 24.6 Å². The highest BCUT2D eigenvalue weighted by Crippen LogP contribution is 2.41. The number of hydrogen-bond donors (Lipinski definition) is 2. The third-order valence-corrected chi connectivity index (χ3v) is 6.35. The molecule has 2 heterocycles. The highest BCUT2D eigenvalue weighted by molar-refractivity contribution is 6.03. The number of nitrogens with zero attached hydrogens (tertiary/aromatic N) is 3. The monoisotopic (exact) mass is 499 g/mol. The number of aliphatic hydroxyl groups is 1. The number of ether oxygens (including phenoxy) is 2. The smallest absolute Gasteiger partial charge is 0.318 e. The van der Waals surface area contributed by atoms with Crippen LogP contribution in [-0.4, -0.2) is 59.7 Å². The van der Waals surface area contributed by atoms with E-state index >= 15 is 8.78 Å². The van der Waals surface area contributed by atoms with E-state index < -0.39 is 29.1 Å². The summed E-state index contributed by atoms with van der Waals surface area (Å²) in [5, 5.41) is 21.3. The summed E-state index contributed by atoms with van der Waals surface area (Å²) >= 11 is 0. The molecule has 1 aliphatic rings. The van der Waals surface area contributed by atoms with E-state index in [1.165, 1.54) is 31.4 Å². The first kappa shape index (κ1) is 24.1. The average molecular weight is 499 g/mol. The van der Waals surface area contributed by atoms with Crippen molar-refractivity contribution in [2.75, 3.05) is 38.3 Å². The highest BCUT2D eigenvalue weighted by atomic mass is 19.1. The normalized spacial score (nSPS) is 16.5. The molecule has 4 aromatic rings. The Morgan fingerprint density at radius 1 is 1.14 bits per heavy atom. The molecule has 0 saturated carbocycles. The number of benzene rings is 3. The molecule has 0 bridgehead atoms. The molecule has 1 unspecified atom stereocenters. The van der Waals surface area contributed by atoms with E-state index in [1.807, 2.05) is 0 Å². The predicted molar refractivity (Wildman–Crippen MR) is 129 cm³/mol. The van der Waals surface area contributed by atoms with Crippen molar-refractivity contribution >= 4 is 27.5 Å². The van der Waals surface area contributed by atoms with Gasteiger partial charge in [-0.1, -0.05) is 13.0 Å². The second-order valence-corrected chi connectivity index (χ2v) is 8.62. The molecule has 5 rings (SSSR count). The van der Waals surface area contributed by atoms with Gasteiger partial charge in [-0.2, -0.15) is 9.97 Å². The summed E-state index contributed by atoms with van der Waals surface area (Å²) in [5.74, 6) is -2.47. The lowest BCUT2D eigenvalue weighted by molar-refractivity contribution is 0.0597. The van der Waals surface area contributed by atoms with Crippen molar-refractivity contribution in [1.82, 2.24) is 9.97 Å². The van der Waals surface area contributed by atoms with Crippen molar-refractivity contribution in [2.24, 2.45) is 0 Å². The number of aromatic nitrogens is 2. The van der Waals surface area contributed by atoms with Gasteiger partial charge in [0.05, 0.1) is 32.0 Å². The van der Waals surface area contributed by atoms with Gasteiger partial charge in [0.15, 0.2) is 5.82 Å². The van der Waals surface area contributed by atoms with Crippen molar-refractivity contribution in [3.05, 3.63) is 53.3 Å². The molecule has 10 heteroatoms. The van der Waals surface area contributed by atoms with Gasteiger partial charge in [0.2, 0.25) is 0 Å². The number of aromatic hydroxyl groups is 1. The number of aliphatic hydroxyl groups excluding tert-OH is 1. The van der Waals surface area contributed by atoms with E-state index in [1.54, 1.807) is 11.8 Å². The number of fused-ring (bicyclic) bond motifs is 2. The quantitative estimate of drug-likeness (QED) is 0.432. The summed E-state index contributed by atoms with van der Waals surface area (Å²) in [6.45, 7) is 2.62. The molecule has 1 aliphatic heterocycles. The number of halogens is 3. The van der Waals surface area contributed by atoms with Gasteiger partial charge in [-0.05, 0) is 52.6 Å². The van der Waals surface area contributed by atoms with Gasteiger partial charge in [0.25, 0.3) is 0 Å². The fourth-order valence-corrected chi connectivity index (χ4v) is 4.77. The number of β-amino-alcohol motifs (C(OH)–C–C–N with tert-alkyl or cyclic N) is 1. The Bertz CT molecular complexity index is 1480. The number of rotatable bonds is 4. The SMILES string of the molecule is CCc1c(F)ccc2cc(O)cc(-c3c(F)cc4c(N5CCOCC(O)C5)nc(OC)nc4c3F)c12. The first-order valence-electron chi connectivity index (χ1n) is 11.5. The third-order valence-electron chi connectivity index (χ3n) is 6.35. The van der Waals surface area contributed by atoms with Crippen LogP contribution >= 0.6 is 0 Å². The maximum atomic E-state index is 16.2. The van der Waals surface area contributed by atoms with Crippen LogP contribution in [0.15, 0.2) is 30.3 Å². The van der Waals surface area contributed by atoms with E-state index in [0.717, 1.165) is 6.07 Å². The Morgan fingerprint density at radius 3 is 2.69 bits per heavy atom. The Morgan fingerprint density at radius 2 is 1.94 bits per heavy atom. The molecule has 0 spiro atoms. The number of anilines is 1. The van der Waals surface area contributed by atoms with E-state index in [4.69, 9.17) is 9.47 Å². The Labute approximate surface area is 204 Å². The second kappa shape index (κ2) is 9.44. The summed E-state index contributed by atoms with van der Waals surface area (Å²) in [6, 6.07) is 6.33. The maximum Gasteiger partial charge on any atom is 0.318 e. The molecule has 1 saturated heterocycles. The van der Waals surface area contributed by atoms with E-state index in [9.17, 15) is 14.6 Å². The lowest BCUT2D eigenvalue weighted by Crippen LogP contribution is -2.33. The van der Waals surface area contributed by atoms with Gasteiger partial charge in [-0.15, -0.1) is 0 Å². The zero-order chi connectivity index (χ0) is 25.6. The zero-order valence-electron chi connectivity index (χ0n) is 19.7. The minimum Gasteiger partial charge on any atom is -0.508 e. The number of aryl methyl sites for hydroxylation is 1. The van der Waals surface area contributed by atoms with Gasteiger partial charge in [-0.3, -0.25) is 0 Å². The van der Waals surface area contributed by atoms with E-state index in [2.05, 4.69) is 9.97 Å². The first-order valence-corrected chi connectivity index (χ1v) is 11.5. The Hall–Kier alpha value is -3.63. The minimum absolute atomic E-state index is 0.0102. The molecule has 1 fully saturated rings. The molecule has 0 aliphatic carbocycles. The van der Waals surface area contributed by atoms with Crippen LogP contribution in [0.25, 0.3) is 32.8 Å². The third kappa shape index (κ3) is 4.06. The van der Waals surface area contributed by atoms with Crippen LogP contribution in [0.4, 0.5) is 19.0 Å². The molecule has 7 nitrogen and oxygen atoms in total. The fraction of sp³-hybridized carbons (Fsp3) is 0.308. The van der Waals surface area contributed by atoms with Crippen LogP contribution in [-0.2, 0) is 11.2 Å². The lowest BCUT2D eigenvalue weighted by Gasteiger charge is -2.24. The van der Waals surface area contributed by atoms with Crippen LogP contribution in [0.2, 0.25) is 0 Å². The second-order valence-electron chi connectivity index (χ2n) is 8.62. The summed E-state index contributed by atoms with van der Waals surface area (Å²) in [6.07, 6.45) is -0.546. The van der Waals surface area contributed by atoms with Crippen LogP contribution in [0.1, 0.15) is 12.5 Å². The van der Waals surface area contributed by atoms with Crippen molar-refractivity contribution in [2.45, 2.75) is 19.4 Å². The Kier molecular flexibility index (Phi) is 6.31. The standard InChI is InChI=1S/C26H24F3N3O4/c1-3-16-19(27)5-4-13-8-14(33)9-17(21(13)16)22-20(28)10-18-24(23(22)29)30-26(35-2)31-25(18)32-6-7-36-12-15(34)11-32/h4-5,8-10,15,33-34H,3,6-7,11-12H2,1-2H3. The molecule has 0 radical (unpaired) electrons. The maximum absolute atomic E-state index is 16.2. The van der Waals surface area contributed by atoms with Crippen molar-refractivity contribution in [3.63, 3.8) is 0 Å². The molecule has 36 heavy (non-hydrogen) atoms. The Balaban J connectivity index is 1.82. The van der Waals surface area contributed by atoms with Crippen LogP contribution in [0, 0.1) is 17.5 Å². The van der Waals surface area contributed by atoms with Crippen molar-refractivity contribution in [3.8, 4) is 22.9 Å². The molecule has 1 atom stereocenters. The predicted octanol–water partition coefficient (Wildman–Crippen LogP) is 4.34. The lowest BCUT2D eigenvalue weighted by atomic mass is 9.91. The van der Waals surface area contributed by atoms with Crippen molar-refractivity contribution in [1.29, 1.82) is 0 Å². The molecule has 1 aromatic heterocycles. The van der Waals surface area contributed by atoms with Gasteiger partial charge in [0, 0.05) is 18.5 Å². The summed E-state index contributed by atoms with van der Waals surface area (Å²) < 4.78 is 57.2. The number of methoxy groups -OCH3 is 1. The van der Waals surface area contributed by atoms with Crippen LogP contribution < -0.4 is 9.64 Å². The molecule has 188 valence electrons. The fourth-order valence-electron chi connectivity index (χ4n) is 4.77. The summed E-state index contributed by atoms with van der Waals surface area (Å²) in [7, 11) is 1.33. The van der Waals surface area contributed by atoms with Gasteiger partial charge >= 0.3 is 6.01 Å². The van der Waals surface area contributed by atoms with Crippen LogP contribution in [0.5, 0.6) is 11.8 Å². The van der Waals surface area contributed by atoms with Gasteiger partial charge in [-0.25, -0.2) is 13.2 Å². The molecule has 3 aromatic carbocycles. The first-order chi connectivity index (χ1) is 17.3. The van der Waals surface area contributed by atoms with Crippen molar-refractivity contribution < 1.29 is 32.9 Å². The molecular weight excluding hydrogens is 475 g/mol. The average Bonchev–Trinajstić information content (AvgIpc) is 3.08. The van der Waals surface area contributed by atoms with Crippen LogP contribution in [0.3, 0.4) is 0 Å². The summed E-state index contributed by atoms with van der Waals surface area (Å²) in [4.78, 5) is 10.1. The topological polar surface area (TPSA) is 87.9 Å². The molecule has 0 amide bonds. The molecule has 2 N–H and O–H groups in total. The molecular formula is C26H24F3N3O4. The van der Waals surface area contributed by atoms with E-state index in [0.29, 0.717) is 17.3 Å². The zero-order valence-corrected chi connectivity index (χ0v) is 19.7. The minimum atomic E-state index is -1.00. The summed E-state index contributed by atoms with van der Waals surface area (Å²) in [5.41, 5.74) is -0.370.